The van der Waals surface area contributed by atoms with E-state index in [0.29, 0.717) is 0 Å². The van der Waals surface area contributed by atoms with Gasteiger partial charge in [-0.05, 0) is 40.5 Å². The van der Waals surface area contributed by atoms with Crippen molar-refractivity contribution in [1.82, 2.24) is 0 Å². The molecule has 0 saturated carbocycles. The maximum absolute atomic E-state index is 3.83. The summed E-state index contributed by atoms with van der Waals surface area (Å²) in [5, 5.41) is 0. The lowest BCUT2D eigenvalue weighted by Crippen LogP contribution is -2.08. The maximum Gasteiger partial charge on any atom is 0.0505 e. The Kier molecular flexibility index (Phi) is 2.55. The summed E-state index contributed by atoms with van der Waals surface area (Å²) in [7, 11) is 4.03. The van der Waals surface area contributed by atoms with Crippen LogP contribution in [0.1, 0.15) is 5.56 Å². The van der Waals surface area contributed by atoms with Crippen LogP contribution in [0.2, 0.25) is 0 Å². The number of halogens is 1. The van der Waals surface area contributed by atoms with E-state index < -0.39 is 0 Å². The monoisotopic (exact) mass is 212 g/mol. The number of anilines is 1. The van der Waals surface area contributed by atoms with E-state index in [2.05, 4.69) is 27.8 Å². The van der Waals surface area contributed by atoms with Crippen LogP contribution in [-0.4, -0.2) is 14.1 Å². The average Bonchev–Trinajstić information content (AvgIpc) is 1.85. The van der Waals surface area contributed by atoms with Crippen molar-refractivity contribution < 1.29 is 0 Å². The molecule has 1 aromatic rings. The van der Waals surface area contributed by atoms with E-state index in [9.17, 15) is 0 Å². The minimum Gasteiger partial charge on any atom is -0.377 e. The minimum absolute atomic E-state index is 1.03. The van der Waals surface area contributed by atoms with Gasteiger partial charge in [0, 0.05) is 18.6 Å². The average molecular weight is 213 g/mol. The fourth-order valence-corrected chi connectivity index (χ4v) is 1.69. The molecule has 0 N–H and O–H groups in total. The van der Waals surface area contributed by atoms with Crippen molar-refractivity contribution in [3.8, 4) is 0 Å². The molecule has 0 fully saturated rings. The molecule has 1 rings (SSSR count). The molecule has 0 atom stereocenters. The van der Waals surface area contributed by atoms with Crippen molar-refractivity contribution in [1.29, 1.82) is 0 Å². The minimum atomic E-state index is 1.03. The quantitative estimate of drug-likeness (QED) is 0.693. The molecule has 0 saturated heterocycles. The molecule has 11 heavy (non-hydrogen) atoms. The Morgan fingerprint density at radius 2 is 2.00 bits per heavy atom. The van der Waals surface area contributed by atoms with Crippen LogP contribution in [0, 0.1) is 6.92 Å². The molecule has 2 heteroatoms. The zero-order valence-corrected chi connectivity index (χ0v) is 8.35. The van der Waals surface area contributed by atoms with Gasteiger partial charge in [-0.1, -0.05) is 6.07 Å². The van der Waals surface area contributed by atoms with Crippen LogP contribution in [0.4, 0.5) is 5.69 Å². The maximum atomic E-state index is 3.83. The molecule has 0 aliphatic heterocycles. The lowest BCUT2D eigenvalue weighted by atomic mass is 10.2. The van der Waals surface area contributed by atoms with Crippen LogP contribution in [0.3, 0.4) is 0 Å². The fraction of sp³-hybridized carbons (Fsp3) is 0.222. The molecule has 59 valence electrons. The van der Waals surface area contributed by atoms with Crippen LogP contribution in [-0.2, 0) is 0 Å². The van der Waals surface area contributed by atoms with Crippen molar-refractivity contribution in [3.05, 3.63) is 35.2 Å². The Hall–Kier alpha value is -0.500. The molecular weight excluding hydrogens is 202 g/mol. The first-order chi connectivity index (χ1) is 5.11. The van der Waals surface area contributed by atoms with Gasteiger partial charge in [0.15, 0.2) is 0 Å². The van der Waals surface area contributed by atoms with Gasteiger partial charge in [0.05, 0.1) is 5.69 Å². The largest absolute Gasteiger partial charge is 0.377 e. The number of rotatable bonds is 1. The zero-order chi connectivity index (χ0) is 8.43. The standard InChI is InChI=1S/C9H11BrN/c1-7-4-5-9(11(2)3)8(10)6-7/h4-6H,1H2,2-3H3. The smallest absolute Gasteiger partial charge is 0.0505 e. The highest BCUT2D eigenvalue weighted by molar-refractivity contribution is 9.10. The predicted molar refractivity (Wildman–Crippen MR) is 52.9 cm³/mol. The molecule has 0 heterocycles. The van der Waals surface area contributed by atoms with Crippen LogP contribution < -0.4 is 4.90 Å². The van der Waals surface area contributed by atoms with E-state index in [-0.39, 0.29) is 0 Å². The van der Waals surface area contributed by atoms with Crippen molar-refractivity contribution in [2.45, 2.75) is 0 Å². The van der Waals surface area contributed by atoms with Crippen molar-refractivity contribution in [2.24, 2.45) is 0 Å². The SMILES string of the molecule is [CH2]c1ccc(N(C)C)c(Br)c1. The van der Waals surface area contributed by atoms with Gasteiger partial charge in [-0.15, -0.1) is 0 Å². The van der Waals surface area contributed by atoms with Crippen molar-refractivity contribution >= 4 is 21.6 Å². The molecule has 0 unspecified atom stereocenters. The van der Waals surface area contributed by atoms with Gasteiger partial charge < -0.3 is 4.90 Å². The van der Waals surface area contributed by atoms with E-state index in [1.165, 1.54) is 5.69 Å². The number of hydrogen-bond acceptors (Lipinski definition) is 1. The van der Waals surface area contributed by atoms with Crippen molar-refractivity contribution in [2.75, 3.05) is 19.0 Å². The highest BCUT2D eigenvalue weighted by Gasteiger charge is 1.99. The predicted octanol–water partition coefficient (Wildman–Crippen LogP) is 2.70. The van der Waals surface area contributed by atoms with Gasteiger partial charge in [0.2, 0.25) is 0 Å². The molecule has 0 aromatic heterocycles. The van der Waals surface area contributed by atoms with Crippen molar-refractivity contribution in [3.63, 3.8) is 0 Å². The van der Waals surface area contributed by atoms with Crippen LogP contribution in [0.15, 0.2) is 22.7 Å². The van der Waals surface area contributed by atoms with E-state index in [1.807, 2.05) is 32.3 Å². The Labute approximate surface area is 76.2 Å². The fourth-order valence-electron chi connectivity index (χ4n) is 0.913. The Balaban J connectivity index is 3.09. The Bertz CT molecular complexity index is 256. The highest BCUT2D eigenvalue weighted by atomic mass is 79.9. The van der Waals surface area contributed by atoms with Gasteiger partial charge >= 0.3 is 0 Å². The van der Waals surface area contributed by atoms with E-state index >= 15 is 0 Å². The lowest BCUT2D eigenvalue weighted by Gasteiger charge is -2.14. The lowest BCUT2D eigenvalue weighted by molar-refractivity contribution is 1.12. The third-order valence-corrected chi connectivity index (χ3v) is 2.13. The second kappa shape index (κ2) is 3.26. The summed E-state index contributed by atoms with van der Waals surface area (Å²) in [6, 6.07) is 6.06. The van der Waals surface area contributed by atoms with Gasteiger partial charge in [0.1, 0.15) is 0 Å². The topological polar surface area (TPSA) is 3.24 Å². The molecule has 1 nitrogen and oxygen atoms in total. The molecule has 0 bridgehead atoms. The summed E-state index contributed by atoms with van der Waals surface area (Å²) in [5.41, 5.74) is 2.21. The third kappa shape index (κ3) is 1.96. The van der Waals surface area contributed by atoms with Gasteiger partial charge in [0.25, 0.3) is 0 Å². The molecule has 0 amide bonds. The van der Waals surface area contributed by atoms with E-state index in [1.54, 1.807) is 0 Å². The summed E-state index contributed by atoms with van der Waals surface area (Å²) >= 11 is 3.47. The van der Waals surface area contributed by atoms with Crippen LogP contribution >= 0.6 is 15.9 Å². The van der Waals surface area contributed by atoms with Gasteiger partial charge in [-0.2, -0.15) is 0 Å². The summed E-state index contributed by atoms with van der Waals surface area (Å²) < 4.78 is 1.09. The molecular formula is C9H11BrN. The summed E-state index contributed by atoms with van der Waals surface area (Å²) in [6.45, 7) is 3.83. The Morgan fingerprint density at radius 1 is 1.36 bits per heavy atom. The molecule has 0 spiro atoms. The van der Waals surface area contributed by atoms with Gasteiger partial charge in [-0.3, -0.25) is 0 Å². The first-order valence-electron chi connectivity index (χ1n) is 3.40. The summed E-state index contributed by atoms with van der Waals surface area (Å²) in [6.07, 6.45) is 0. The first-order valence-corrected chi connectivity index (χ1v) is 4.19. The third-order valence-electron chi connectivity index (χ3n) is 1.49. The zero-order valence-electron chi connectivity index (χ0n) is 6.76. The summed E-state index contributed by atoms with van der Waals surface area (Å²) in [5.74, 6) is 0. The molecule has 1 radical (unpaired) electrons. The molecule has 0 aliphatic carbocycles. The number of hydrogen-bond donors (Lipinski definition) is 0. The second-order valence-electron chi connectivity index (χ2n) is 2.68. The van der Waals surface area contributed by atoms with E-state index in [0.717, 1.165) is 10.0 Å². The molecule has 1 aromatic carbocycles. The van der Waals surface area contributed by atoms with E-state index in [4.69, 9.17) is 0 Å². The number of benzene rings is 1. The molecule has 0 aliphatic rings. The van der Waals surface area contributed by atoms with Crippen LogP contribution in [0.5, 0.6) is 0 Å². The summed E-state index contributed by atoms with van der Waals surface area (Å²) in [4.78, 5) is 2.06. The first kappa shape index (κ1) is 8.60. The normalized spacial score (nSPS) is 9.82. The van der Waals surface area contributed by atoms with Gasteiger partial charge in [-0.25, -0.2) is 0 Å². The van der Waals surface area contributed by atoms with Crippen LogP contribution in [0.25, 0.3) is 0 Å². The highest BCUT2D eigenvalue weighted by Crippen LogP contribution is 2.25. The Morgan fingerprint density at radius 3 is 2.45 bits per heavy atom. The number of nitrogens with zero attached hydrogens (tertiary/aromatic N) is 1. The second-order valence-corrected chi connectivity index (χ2v) is 3.53.